The number of carbonyl (C=O) groups is 1. The lowest BCUT2D eigenvalue weighted by Crippen LogP contribution is -2.27. The Morgan fingerprint density at radius 2 is 1.95 bits per heavy atom. The third-order valence-electron chi connectivity index (χ3n) is 3.35. The summed E-state index contributed by atoms with van der Waals surface area (Å²) in [6, 6.07) is 12.1. The van der Waals surface area contributed by atoms with Crippen molar-refractivity contribution >= 4 is 5.91 Å². The third kappa shape index (κ3) is 3.34. The maximum atomic E-state index is 12.2. The highest BCUT2D eigenvalue weighted by Crippen LogP contribution is 2.26. The highest BCUT2D eigenvalue weighted by atomic mass is 16.5. The fourth-order valence-electron chi connectivity index (χ4n) is 2.21. The van der Waals surface area contributed by atoms with Gasteiger partial charge in [-0.25, -0.2) is 0 Å². The van der Waals surface area contributed by atoms with Gasteiger partial charge in [0, 0.05) is 5.56 Å². The Kier molecular flexibility index (Phi) is 4.48. The number of amides is 1. The molecule has 0 saturated heterocycles. The smallest absolute Gasteiger partial charge is 0.255 e. The van der Waals surface area contributed by atoms with E-state index in [-0.39, 0.29) is 23.3 Å². The highest BCUT2D eigenvalue weighted by Gasteiger charge is 2.17. The second-order valence-corrected chi connectivity index (χ2v) is 4.96. The van der Waals surface area contributed by atoms with Gasteiger partial charge < -0.3 is 15.2 Å². The molecule has 2 rings (SSSR count). The molecule has 2 aromatic carbocycles. The summed E-state index contributed by atoms with van der Waals surface area (Å²) in [5.74, 6) is 0.383. The number of phenolic OH excluding ortho intramolecular Hbond substituents is 1. The Labute approximate surface area is 124 Å². The summed E-state index contributed by atoms with van der Waals surface area (Å²) in [6.07, 6.45) is 0. The summed E-state index contributed by atoms with van der Waals surface area (Å²) >= 11 is 0. The van der Waals surface area contributed by atoms with Crippen LogP contribution in [-0.2, 0) is 0 Å². The van der Waals surface area contributed by atoms with E-state index in [1.165, 1.54) is 6.07 Å². The quantitative estimate of drug-likeness (QED) is 0.907. The van der Waals surface area contributed by atoms with Crippen LogP contribution in [-0.4, -0.2) is 18.1 Å². The van der Waals surface area contributed by atoms with Crippen LogP contribution in [0, 0.1) is 6.92 Å². The zero-order valence-corrected chi connectivity index (χ0v) is 12.4. The standard InChI is InChI=1S/C17H19NO3/c1-11-8-9-16(21-3)14(10-11)12(2)18-17(20)13-6-4-5-7-15(13)19/h4-10,12,19H,1-3H3,(H,18,20)/t12-/m1/s1. The SMILES string of the molecule is COc1ccc(C)cc1[C@@H](C)NC(=O)c1ccccc1O. The van der Waals surface area contributed by atoms with Crippen LogP contribution in [0.25, 0.3) is 0 Å². The van der Waals surface area contributed by atoms with E-state index in [0.717, 1.165) is 16.9 Å². The van der Waals surface area contributed by atoms with Gasteiger partial charge in [-0.15, -0.1) is 0 Å². The monoisotopic (exact) mass is 285 g/mol. The summed E-state index contributed by atoms with van der Waals surface area (Å²) in [5.41, 5.74) is 2.26. The lowest BCUT2D eigenvalue weighted by Gasteiger charge is -2.18. The van der Waals surface area contributed by atoms with Crippen molar-refractivity contribution < 1.29 is 14.6 Å². The Morgan fingerprint density at radius 3 is 2.62 bits per heavy atom. The maximum absolute atomic E-state index is 12.2. The molecule has 0 aliphatic heterocycles. The molecule has 1 atom stereocenters. The van der Waals surface area contributed by atoms with Gasteiger partial charge in [0.1, 0.15) is 11.5 Å². The number of phenols is 1. The van der Waals surface area contributed by atoms with Gasteiger partial charge in [-0.2, -0.15) is 0 Å². The number of aryl methyl sites for hydroxylation is 1. The Hall–Kier alpha value is -2.49. The van der Waals surface area contributed by atoms with Crippen LogP contribution in [0.15, 0.2) is 42.5 Å². The molecule has 0 aliphatic rings. The summed E-state index contributed by atoms with van der Waals surface area (Å²) in [7, 11) is 1.60. The van der Waals surface area contributed by atoms with Gasteiger partial charge in [-0.3, -0.25) is 4.79 Å². The van der Waals surface area contributed by atoms with Gasteiger partial charge >= 0.3 is 0 Å². The van der Waals surface area contributed by atoms with E-state index in [9.17, 15) is 9.90 Å². The van der Waals surface area contributed by atoms with E-state index in [1.54, 1.807) is 25.3 Å². The number of para-hydroxylation sites is 1. The van der Waals surface area contributed by atoms with E-state index in [2.05, 4.69) is 5.32 Å². The molecular weight excluding hydrogens is 266 g/mol. The topological polar surface area (TPSA) is 58.6 Å². The number of nitrogens with one attached hydrogen (secondary N) is 1. The molecule has 4 nitrogen and oxygen atoms in total. The molecule has 0 aromatic heterocycles. The number of hydrogen-bond donors (Lipinski definition) is 2. The first-order chi connectivity index (χ1) is 10.0. The third-order valence-corrected chi connectivity index (χ3v) is 3.35. The van der Waals surface area contributed by atoms with E-state index >= 15 is 0 Å². The first-order valence-electron chi connectivity index (χ1n) is 6.76. The van der Waals surface area contributed by atoms with E-state index < -0.39 is 0 Å². The molecule has 0 saturated carbocycles. The predicted octanol–water partition coefficient (Wildman–Crippen LogP) is 3.20. The van der Waals surface area contributed by atoms with Crippen molar-refractivity contribution in [1.29, 1.82) is 0 Å². The highest BCUT2D eigenvalue weighted by molar-refractivity contribution is 5.97. The Morgan fingerprint density at radius 1 is 1.24 bits per heavy atom. The van der Waals surface area contributed by atoms with Crippen molar-refractivity contribution in [3.05, 3.63) is 59.2 Å². The van der Waals surface area contributed by atoms with Gasteiger partial charge in [0.15, 0.2) is 0 Å². The van der Waals surface area contributed by atoms with E-state index in [1.807, 2.05) is 32.0 Å². The fraction of sp³-hybridized carbons (Fsp3) is 0.235. The molecular formula is C17H19NO3. The molecule has 0 fully saturated rings. The second-order valence-electron chi connectivity index (χ2n) is 4.96. The van der Waals surface area contributed by atoms with E-state index in [4.69, 9.17) is 4.74 Å². The van der Waals surface area contributed by atoms with Crippen molar-refractivity contribution in [3.8, 4) is 11.5 Å². The fourth-order valence-corrected chi connectivity index (χ4v) is 2.21. The number of carbonyl (C=O) groups excluding carboxylic acids is 1. The van der Waals surface area contributed by atoms with Crippen LogP contribution in [0.4, 0.5) is 0 Å². The van der Waals surface area contributed by atoms with Crippen LogP contribution < -0.4 is 10.1 Å². The minimum atomic E-state index is -0.316. The van der Waals surface area contributed by atoms with Crippen molar-refractivity contribution in [2.45, 2.75) is 19.9 Å². The zero-order valence-electron chi connectivity index (χ0n) is 12.4. The van der Waals surface area contributed by atoms with Crippen LogP contribution in [0.1, 0.15) is 34.5 Å². The molecule has 2 N–H and O–H groups in total. The number of rotatable bonds is 4. The number of methoxy groups -OCH3 is 1. The second kappa shape index (κ2) is 6.31. The number of ether oxygens (including phenoxy) is 1. The first-order valence-corrected chi connectivity index (χ1v) is 6.76. The van der Waals surface area contributed by atoms with Crippen LogP contribution >= 0.6 is 0 Å². The van der Waals surface area contributed by atoms with Crippen LogP contribution in [0.5, 0.6) is 11.5 Å². The molecule has 21 heavy (non-hydrogen) atoms. The van der Waals surface area contributed by atoms with Crippen molar-refractivity contribution in [3.63, 3.8) is 0 Å². The summed E-state index contributed by atoms with van der Waals surface area (Å²) in [5, 5.41) is 12.6. The largest absolute Gasteiger partial charge is 0.507 e. The molecule has 0 radical (unpaired) electrons. The van der Waals surface area contributed by atoms with E-state index in [0.29, 0.717) is 0 Å². The predicted molar refractivity (Wildman–Crippen MR) is 81.7 cm³/mol. The Bertz CT molecular complexity index is 652. The molecule has 0 spiro atoms. The Balaban J connectivity index is 2.22. The minimum absolute atomic E-state index is 0.0293. The molecule has 0 aliphatic carbocycles. The van der Waals surface area contributed by atoms with Crippen molar-refractivity contribution in [1.82, 2.24) is 5.32 Å². The van der Waals surface area contributed by atoms with Gasteiger partial charge in [0.05, 0.1) is 18.7 Å². The average molecular weight is 285 g/mol. The van der Waals surface area contributed by atoms with Crippen LogP contribution in [0.2, 0.25) is 0 Å². The molecule has 0 heterocycles. The molecule has 1 amide bonds. The molecule has 2 aromatic rings. The number of hydrogen-bond acceptors (Lipinski definition) is 3. The van der Waals surface area contributed by atoms with Crippen LogP contribution in [0.3, 0.4) is 0 Å². The molecule has 4 heteroatoms. The lowest BCUT2D eigenvalue weighted by atomic mass is 10.0. The summed E-state index contributed by atoms with van der Waals surface area (Å²) < 4.78 is 5.33. The summed E-state index contributed by atoms with van der Waals surface area (Å²) in [6.45, 7) is 3.87. The average Bonchev–Trinajstić information content (AvgIpc) is 2.47. The van der Waals surface area contributed by atoms with Gasteiger partial charge in [0.2, 0.25) is 0 Å². The van der Waals surface area contributed by atoms with Gasteiger partial charge in [0.25, 0.3) is 5.91 Å². The number of aromatic hydroxyl groups is 1. The number of benzene rings is 2. The zero-order chi connectivity index (χ0) is 15.4. The van der Waals surface area contributed by atoms with Gasteiger partial charge in [-0.05, 0) is 32.0 Å². The summed E-state index contributed by atoms with van der Waals surface area (Å²) in [4.78, 5) is 12.2. The first kappa shape index (κ1) is 14.9. The molecule has 0 unspecified atom stereocenters. The van der Waals surface area contributed by atoms with Crippen molar-refractivity contribution in [2.75, 3.05) is 7.11 Å². The van der Waals surface area contributed by atoms with Crippen molar-refractivity contribution in [2.24, 2.45) is 0 Å². The normalized spacial score (nSPS) is 11.8. The lowest BCUT2D eigenvalue weighted by molar-refractivity contribution is 0.0937. The minimum Gasteiger partial charge on any atom is -0.507 e. The van der Waals surface area contributed by atoms with Gasteiger partial charge in [-0.1, -0.05) is 29.8 Å². The maximum Gasteiger partial charge on any atom is 0.255 e. The molecule has 110 valence electrons. The molecule has 0 bridgehead atoms.